The van der Waals surface area contributed by atoms with Gasteiger partial charge in [0.25, 0.3) is 5.91 Å². The van der Waals surface area contributed by atoms with Crippen LogP contribution in [0.2, 0.25) is 15.1 Å². The van der Waals surface area contributed by atoms with E-state index in [1.54, 1.807) is 54.7 Å². The van der Waals surface area contributed by atoms with Crippen molar-refractivity contribution in [2.45, 2.75) is 10.3 Å². The monoisotopic (exact) mass is 623 g/mol. The first-order valence-electron chi connectivity index (χ1n) is 11.3. The number of nitrogens with zero attached hydrogens (tertiary/aromatic N) is 1. The molecule has 1 aliphatic carbocycles. The molecule has 0 aliphatic heterocycles. The Labute approximate surface area is 248 Å². The van der Waals surface area contributed by atoms with Gasteiger partial charge in [-0.1, -0.05) is 34.8 Å². The van der Waals surface area contributed by atoms with Gasteiger partial charge >= 0.3 is 0 Å². The van der Waals surface area contributed by atoms with Crippen molar-refractivity contribution in [1.29, 1.82) is 0 Å². The van der Waals surface area contributed by atoms with Crippen molar-refractivity contribution in [3.8, 4) is 10.6 Å². The van der Waals surface area contributed by atoms with Crippen LogP contribution in [-0.2, 0) is 4.79 Å². The average molecular weight is 626 g/mol. The van der Waals surface area contributed by atoms with Gasteiger partial charge in [0.2, 0.25) is 0 Å². The molecular weight excluding hydrogens is 608 g/mol. The molecule has 0 saturated heterocycles. The fraction of sp³-hybridized carbons (Fsp3) is 0.148. The molecule has 2 unspecified atom stereocenters. The minimum absolute atomic E-state index is 0.0441. The van der Waals surface area contributed by atoms with E-state index in [2.05, 4.69) is 15.6 Å². The van der Waals surface area contributed by atoms with Gasteiger partial charge in [0.15, 0.2) is 5.78 Å². The van der Waals surface area contributed by atoms with Crippen molar-refractivity contribution in [1.82, 2.24) is 4.98 Å². The van der Waals surface area contributed by atoms with Crippen molar-refractivity contribution in [3.63, 3.8) is 0 Å². The summed E-state index contributed by atoms with van der Waals surface area (Å²) in [4.78, 5) is 30.2. The third-order valence-electron chi connectivity index (χ3n) is 6.14. The van der Waals surface area contributed by atoms with Gasteiger partial charge in [-0.3, -0.25) is 9.59 Å². The number of carbonyl (C=O) groups is 2. The Kier molecular flexibility index (Phi) is 7.92. The molecule has 1 amide bonds. The summed E-state index contributed by atoms with van der Waals surface area (Å²) in [7, 11) is 0. The highest BCUT2D eigenvalue weighted by molar-refractivity contribution is 7.13. The van der Waals surface area contributed by atoms with Crippen LogP contribution < -0.4 is 10.6 Å². The number of anilines is 2. The van der Waals surface area contributed by atoms with Crippen molar-refractivity contribution in [2.75, 3.05) is 17.2 Å². The second kappa shape index (κ2) is 11.0. The lowest BCUT2D eigenvalue weighted by Gasteiger charge is -2.11. The van der Waals surface area contributed by atoms with Gasteiger partial charge in [0, 0.05) is 44.5 Å². The maximum Gasteiger partial charge on any atom is 0.257 e. The van der Waals surface area contributed by atoms with E-state index in [0.29, 0.717) is 27.0 Å². The molecule has 5 rings (SSSR count). The molecule has 0 spiro atoms. The summed E-state index contributed by atoms with van der Waals surface area (Å²) in [5.74, 6) is -1.62. The first-order chi connectivity index (χ1) is 18.1. The maximum absolute atomic E-state index is 13.0. The highest BCUT2D eigenvalue weighted by Crippen LogP contribution is 2.65. The lowest BCUT2D eigenvalue weighted by Crippen LogP contribution is -2.19. The Bertz CT molecular complexity index is 1490. The number of aromatic nitrogens is 1. The maximum atomic E-state index is 13.0. The van der Waals surface area contributed by atoms with Gasteiger partial charge < -0.3 is 10.6 Å². The fourth-order valence-electron chi connectivity index (χ4n) is 4.27. The van der Waals surface area contributed by atoms with Gasteiger partial charge in [-0.25, -0.2) is 4.98 Å². The van der Waals surface area contributed by atoms with Crippen LogP contribution in [0.3, 0.4) is 0 Å². The first kappa shape index (κ1) is 27.3. The van der Waals surface area contributed by atoms with E-state index in [0.717, 1.165) is 10.6 Å². The van der Waals surface area contributed by atoms with Gasteiger partial charge in [0.05, 0.1) is 23.0 Å². The molecular formula is C27H18Cl5N3O2S. The smallest absolute Gasteiger partial charge is 0.257 e. The third kappa shape index (κ3) is 5.81. The summed E-state index contributed by atoms with van der Waals surface area (Å²) in [5.41, 5.74) is 3.08. The number of hydrogen-bond donors (Lipinski definition) is 2. The van der Waals surface area contributed by atoms with Crippen molar-refractivity contribution < 1.29 is 9.59 Å². The minimum Gasteiger partial charge on any atom is -0.378 e. The van der Waals surface area contributed by atoms with Crippen LogP contribution in [0.4, 0.5) is 11.4 Å². The molecule has 1 aliphatic rings. The molecule has 5 nitrogen and oxygen atoms in total. The SMILES string of the molecule is O=C(Nc1ccc(-c2nccs2)cc1)c1cc(NCC(=O)C2C(c3cc(Cl)cc(Cl)c3)C2(Cl)Cl)ccc1Cl. The predicted octanol–water partition coefficient (Wildman–Crippen LogP) is 8.59. The number of rotatable bonds is 8. The minimum atomic E-state index is -1.26. The van der Waals surface area contributed by atoms with Crippen LogP contribution in [-0.4, -0.2) is 27.6 Å². The fourth-order valence-corrected chi connectivity index (χ4v) is 6.53. The summed E-state index contributed by atoms with van der Waals surface area (Å²) >= 11 is 32.9. The van der Waals surface area contributed by atoms with E-state index in [1.807, 2.05) is 17.5 Å². The topological polar surface area (TPSA) is 71.1 Å². The molecule has 11 heteroatoms. The van der Waals surface area contributed by atoms with Gasteiger partial charge in [-0.2, -0.15) is 0 Å². The predicted molar refractivity (Wildman–Crippen MR) is 158 cm³/mol. The Morgan fingerprint density at radius 1 is 0.921 bits per heavy atom. The van der Waals surface area contributed by atoms with E-state index in [-0.39, 0.29) is 28.8 Å². The van der Waals surface area contributed by atoms with E-state index in [4.69, 9.17) is 58.0 Å². The molecule has 194 valence electrons. The molecule has 0 radical (unpaired) electrons. The summed E-state index contributed by atoms with van der Waals surface area (Å²) in [6.45, 7) is -0.0441. The summed E-state index contributed by atoms with van der Waals surface area (Å²) in [6.07, 6.45) is 1.74. The number of ketones is 1. The zero-order valence-electron chi connectivity index (χ0n) is 19.4. The van der Waals surface area contributed by atoms with Gasteiger partial charge in [-0.15, -0.1) is 34.5 Å². The molecule has 1 fully saturated rings. The standard InChI is InChI=1S/C27H18Cl5N3O2S/c28-16-9-15(10-17(29)11-16)23-24(27(23,31)32)22(36)13-34-19-5-6-21(30)20(12-19)25(37)35-18-3-1-14(2-4-18)26-33-7-8-38-26/h1-12,23-24,34H,13H2,(H,35,37). The van der Waals surface area contributed by atoms with Crippen LogP contribution >= 0.6 is 69.3 Å². The van der Waals surface area contributed by atoms with Crippen molar-refractivity contribution >= 4 is 92.4 Å². The molecule has 1 heterocycles. The molecule has 1 aromatic heterocycles. The lowest BCUT2D eigenvalue weighted by atomic mass is 10.1. The quantitative estimate of drug-likeness (QED) is 0.193. The molecule has 2 N–H and O–H groups in total. The summed E-state index contributed by atoms with van der Waals surface area (Å²) in [6, 6.07) is 17.2. The summed E-state index contributed by atoms with van der Waals surface area (Å²) < 4.78 is -1.26. The second-order valence-electron chi connectivity index (χ2n) is 8.72. The van der Waals surface area contributed by atoms with E-state index < -0.39 is 16.2 Å². The summed E-state index contributed by atoms with van der Waals surface area (Å²) in [5, 5.41) is 9.85. The normalized spacial score (nSPS) is 17.6. The van der Waals surface area contributed by atoms with Crippen LogP contribution in [0.5, 0.6) is 0 Å². The number of halogens is 5. The number of amides is 1. The number of nitrogens with one attached hydrogen (secondary N) is 2. The lowest BCUT2D eigenvalue weighted by molar-refractivity contribution is -0.118. The number of hydrogen-bond acceptors (Lipinski definition) is 5. The molecule has 3 aromatic carbocycles. The Balaban J connectivity index is 1.23. The first-order valence-corrected chi connectivity index (χ1v) is 14.1. The van der Waals surface area contributed by atoms with Crippen molar-refractivity contribution in [3.05, 3.63) is 98.4 Å². The van der Waals surface area contributed by atoms with E-state index in [9.17, 15) is 9.59 Å². The highest BCUT2D eigenvalue weighted by atomic mass is 35.5. The van der Waals surface area contributed by atoms with Crippen LogP contribution in [0.25, 0.3) is 10.6 Å². The second-order valence-corrected chi connectivity index (χ2v) is 12.3. The molecule has 1 saturated carbocycles. The number of Topliss-reactive ketones (excluding diaryl/α,β-unsaturated/α-hetero) is 1. The van der Waals surface area contributed by atoms with Crippen molar-refractivity contribution in [2.24, 2.45) is 5.92 Å². The number of thiazole rings is 1. The Morgan fingerprint density at radius 3 is 2.26 bits per heavy atom. The van der Waals surface area contributed by atoms with Gasteiger partial charge in [-0.05, 0) is 66.2 Å². The molecule has 4 aromatic rings. The number of carbonyl (C=O) groups excluding carboxylic acids is 2. The average Bonchev–Trinajstić information content (AvgIpc) is 3.18. The number of benzene rings is 3. The molecule has 38 heavy (non-hydrogen) atoms. The zero-order valence-corrected chi connectivity index (χ0v) is 23.9. The Morgan fingerprint density at radius 2 is 1.61 bits per heavy atom. The third-order valence-corrected chi connectivity index (χ3v) is 8.67. The Hall–Kier alpha value is -2.32. The molecule has 0 bridgehead atoms. The van der Waals surface area contributed by atoms with Crippen LogP contribution in [0, 0.1) is 5.92 Å². The zero-order chi connectivity index (χ0) is 27.0. The van der Waals surface area contributed by atoms with Gasteiger partial charge in [0.1, 0.15) is 9.34 Å². The largest absolute Gasteiger partial charge is 0.378 e. The highest BCUT2D eigenvalue weighted by Gasteiger charge is 2.67. The van der Waals surface area contributed by atoms with E-state index >= 15 is 0 Å². The number of alkyl halides is 2. The van der Waals surface area contributed by atoms with Crippen LogP contribution in [0.15, 0.2) is 72.2 Å². The van der Waals surface area contributed by atoms with Crippen LogP contribution in [0.1, 0.15) is 21.8 Å². The van der Waals surface area contributed by atoms with E-state index in [1.165, 1.54) is 11.3 Å². The molecule has 2 atom stereocenters.